The lowest BCUT2D eigenvalue weighted by Crippen LogP contribution is -2.61. The molecule has 1 aromatic rings. The van der Waals surface area contributed by atoms with E-state index in [4.69, 9.17) is 9.79 Å². The number of benzene rings is 1. The molecule has 50 heavy (non-hydrogen) atoms. The Balaban J connectivity index is 1.98. The van der Waals surface area contributed by atoms with Crippen LogP contribution in [0.15, 0.2) is 24.3 Å². The van der Waals surface area contributed by atoms with Crippen LogP contribution in [-0.4, -0.2) is 93.4 Å². The van der Waals surface area contributed by atoms with E-state index in [9.17, 15) is 33.3 Å². The molecular weight excluding hydrogens is 671 g/mol. The molecule has 2 saturated heterocycles. The molecule has 0 radical (unpaired) electrons. The van der Waals surface area contributed by atoms with E-state index in [1.54, 1.807) is 13.8 Å². The Hall–Kier alpha value is -4.01. The van der Waals surface area contributed by atoms with Gasteiger partial charge in [0.2, 0.25) is 35.4 Å². The van der Waals surface area contributed by atoms with Crippen LogP contribution in [0.5, 0.6) is 5.75 Å². The minimum atomic E-state index is -4.80. The predicted molar refractivity (Wildman–Crippen MR) is 182 cm³/mol. The average molecular weight is 723 g/mol. The highest BCUT2D eigenvalue weighted by molar-refractivity contribution is 7.46. The summed E-state index contributed by atoms with van der Waals surface area (Å²) in [7, 11) is -4.80. The van der Waals surface area contributed by atoms with E-state index >= 15 is 0 Å². The van der Waals surface area contributed by atoms with Gasteiger partial charge in [0.05, 0.1) is 6.54 Å². The monoisotopic (exact) mass is 722 g/mol. The largest absolute Gasteiger partial charge is 0.524 e. The van der Waals surface area contributed by atoms with Crippen molar-refractivity contribution in [3.8, 4) is 5.75 Å². The molecule has 0 bridgehead atoms. The maximum Gasteiger partial charge on any atom is 0.524 e. The van der Waals surface area contributed by atoms with Crippen molar-refractivity contribution in [1.29, 1.82) is 0 Å². The molecule has 2 aliphatic heterocycles. The first-order chi connectivity index (χ1) is 23.5. The van der Waals surface area contributed by atoms with Crippen LogP contribution in [0.3, 0.4) is 0 Å². The Morgan fingerprint density at radius 2 is 1.50 bits per heavy atom. The number of fused-ring (bicyclic) bond motifs is 1. The van der Waals surface area contributed by atoms with Gasteiger partial charge in [-0.25, -0.2) is 4.57 Å². The number of carbonyl (C=O) groups excluding carboxylic acids is 6. The zero-order chi connectivity index (χ0) is 37.2. The maximum absolute atomic E-state index is 14.0. The highest BCUT2D eigenvalue weighted by Crippen LogP contribution is 2.37. The minimum Gasteiger partial charge on any atom is -0.404 e. The highest BCUT2D eigenvalue weighted by atomic mass is 31.2. The van der Waals surface area contributed by atoms with Crippen molar-refractivity contribution in [1.82, 2.24) is 31.5 Å². The van der Waals surface area contributed by atoms with Crippen LogP contribution >= 0.6 is 7.82 Å². The van der Waals surface area contributed by atoms with E-state index in [0.29, 0.717) is 31.2 Å². The number of nitrogens with one attached hydrogen (secondary N) is 5. The molecule has 2 heterocycles. The Morgan fingerprint density at radius 1 is 0.860 bits per heavy atom. The second-order valence-corrected chi connectivity index (χ2v) is 14.7. The van der Waals surface area contributed by atoms with Crippen LogP contribution in [0.1, 0.15) is 78.7 Å². The Kier molecular flexibility index (Phi) is 14.8. The number of rotatable bonds is 10. The molecule has 278 valence electrons. The summed E-state index contributed by atoms with van der Waals surface area (Å²) in [6.45, 7) is 8.91. The molecule has 2 aliphatic rings. The topological polar surface area (TPSA) is 233 Å². The summed E-state index contributed by atoms with van der Waals surface area (Å²) in [6, 6.07) is 0.354. The minimum absolute atomic E-state index is 0.0139. The molecule has 5 atom stereocenters. The number of phosphoric acid groups is 1. The summed E-state index contributed by atoms with van der Waals surface area (Å²) in [4.78, 5) is 101. The van der Waals surface area contributed by atoms with Crippen molar-refractivity contribution < 1.29 is 47.6 Å². The van der Waals surface area contributed by atoms with Gasteiger partial charge in [-0.15, -0.1) is 0 Å². The lowest BCUT2D eigenvalue weighted by molar-refractivity contribution is -0.143. The SMILES string of the molecule is CCCC[C@@H]1NC(=O)[C@H]2CCCN2C(=O)[C@H](C(C)C)NC(=O)[C@@H](Cc2ccc(OP(=O)(O)O)cc2)NC(=O)CNC(=O)[C@@H](CC(C)C)NC1=O. The van der Waals surface area contributed by atoms with Crippen LogP contribution in [0, 0.1) is 11.8 Å². The summed E-state index contributed by atoms with van der Waals surface area (Å²) >= 11 is 0. The van der Waals surface area contributed by atoms with Crippen molar-refractivity contribution in [2.75, 3.05) is 13.1 Å². The van der Waals surface area contributed by atoms with Gasteiger partial charge in [0.25, 0.3) is 0 Å². The lowest BCUT2D eigenvalue weighted by atomic mass is 9.99. The van der Waals surface area contributed by atoms with Gasteiger partial charge in [0, 0.05) is 13.0 Å². The molecular formula is C33H51N6O10P. The van der Waals surface area contributed by atoms with Gasteiger partial charge in [-0.2, -0.15) is 0 Å². The number of nitrogens with zero attached hydrogens (tertiary/aromatic N) is 1. The van der Waals surface area contributed by atoms with Gasteiger partial charge in [-0.1, -0.05) is 59.6 Å². The van der Waals surface area contributed by atoms with Crippen LogP contribution in [0.4, 0.5) is 0 Å². The van der Waals surface area contributed by atoms with E-state index in [1.165, 1.54) is 29.2 Å². The molecule has 7 N–H and O–H groups in total. The molecule has 6 amide bonds. The van der Waals surface area contributed by atoms with E-state index in [2.05, 4.69) is 31.1 Å². The van der Waals surface area contributed by atoms with E-state index in [0.717, 1.165) is 6.42 Å². The van der Waals surface area contributed by atoms with Crippen molar-refractivity contribution in [2.45, 2.75) is 110 Å². The zero-order valence-electron chi connectivity index (χ0n) is 29.3. The van der Waals surface area contributed by atoms with Crippen LogP contribution in [0.25, 0.3) is 0 Å². The van der Waals surface area contributed by atoms with Crippen molar-refractivity contribution in [3.63, 3.8) is 0 Å². The van der Waals surface area contributed by atoms with E-state index in [1.807, 2.05) is 20.8 Å². The number of unbranched alkanes of at least 4 members (excludes halogenated alkanes) is 1. The van der Waals surface area contributed by atoms with Gasteiger partial charge in [-0.3, -0.25) is 38.6 Å². The van der Waals surface area contributed by atoms with Gasteiger partial charge in [-0.05, 0) is 55.2 Å². The summed E-state index contributed by atoms with van der Waals surface area (Å²) < 4.78 is 15.8. The first-order valence-electron chi connectivity index (χ1n) is 17.1. The van der Waals surface area contributed by atoms with E-state index in [-0.39, 0.29) is 31.1 Å². The van der Waals surface area contributed by atoms with Crippen molar-refractivity contribution in [3.05, 3.63) is 29.8 Å². The summed E-state index contributed by atoms with van der Waals surface area (Å²) in [5, 5.41) is 13.5. The molecule has 0 saturated carbocycles. The smallest absolute Gasteiger partial charge is 0.404 e. The molecule has 0 spiro atoms. The van der Waals surface area contributed by atoms with E-state index < -0.39 is 85.9 Å². The fraction of sp³-hybridized carbons (Fsp3) is 0.636. The fourth-order valence-corrected chi connectivity index (χ4v) is 6.37. The standard InChI is InChI=1S/C33H51N6O10P/c1-6-7-9-23-30(42)37-24(16-19(2)3)29(41)34-18-27(40)35-25(17-21-11-13-22(14-12-21)49-50(46,47)48)31(43)38-28(20(4)5)33(45)39-15-8-10-26(39)32(44)36-23/h11-14,19-20,23-26,28H,6-10,15-18H2,1-5H3,(H,34,41)(H,35,40)(H,36,44)(H,37,42)(H,38,43)(H2,46,47,48)/t23-,24+,25+,26+,28-/m0/s1. The lowest BCUT2D eigenvalue weighted by Gasteiger charge is -2.32. The number of phosphoric ester groups is 1. The Morgan fingerprint density at radius 3 is 2.10 bits per heavy atom. The molecule has 0 unspecified atom stereocenters. The maximum atomic E-state index is 14.0. The number of hydrogen-bond donors (Lipinski definition) is 7. The number of amides is 6. The molecule has 0 aromatic heterocycles. The molecule has 17 heteroatoms. The Labute approximate surface area is 292 Å². The third-order valence-corrected chi connectivity index (χ3v) is 9.00. The molecule has 3 rings (SSSR count). The number of carbonyl (C=O) groups is 6. The fourth-order valence-electron chi connectivity index (χ4n) is 5.97. The first-order valence-corrected chi connectivity index (χ1v) is 18.6. The van der Waals surface area contributed by atoms with Crippen LogP contribution in [-0.2, 0) is 39.8 Å². The van der Waals surface area contributed by atoms with Gasteiger partial charge in [0.15, 0.2) is 0 Å². The molecule has 1 aromatic carbocycles. The van der Waals surface area contributed by atoms with Crippen LogP contribution in [0.2, 0.25) is 0 Å². The third-order valence-electron chi connectivity index (χ3n) is 8.55. The van der Waals surface area contributed by atoms with Gasteiger partial charge in [0.1, 0.15) is 36.0 Å². The van der Waals surface area contributed by atoms with Crippen LogP contribution < -0.4 is 31.1 Å². The average Bonchev–Trinajstić information content (AvgIpc) is 3.53. The van der Waals surface area contributed by atoms with Gasteiger partial charge < -0.3 is 36.0 Å². The normalized spacial score (nSPS) is 24.8. The van der Waals surface area contributed by atoms with Crippen molar-refractivity contribution in [2.24, 2.45) is 11.8 Å². The molecule has 2 fully saturated rings. The molecule has 16 nitrogen and oxygen atoms in total. The van der Waals surface area contributed by atoms with Crippen molar-refractivity contribution >= 4 is 43.3 Å². The highest BCUT2D eigenvalue weighted by Gasteiger charge is 2.40. The quantitative estimate of drug-likeness (QED) is 0.167. The molecule has 0 aliphatic carbocycles. The Bertz CT molecular complexity index is 1430. The summed E-state index contributed by atoms with van der Waals surface area (Å²) in [5.74, 6) is -4.08. The third kappa shape index (κ3) is 12.1. The summed E-state index contributed by atoms with van der Waals surface area (Å²) in [5.41, 5.74) is 0.482. The first kappa shape index (κ1) is 40.4. The zero-order valence-corrected chi connectivity index (χ0v) is 30.2. The second kappa shape index (κ2) is 18.3. The number of hydrogen-bond acceptors (Lipinski definition) is 8. The van der Waals surface area contributed by atoms with Gasteiger partial charge >= 0.3 is 7.82 Å². The summed E-state index contributed by atoms with van der Waals surface area (Å²) in [6.07, 6.45) is 2.75. The predicted octanol–water partition coefficient (Wildman–Crippen LogP) is 0.653. The second-order valence-electron chi connectivity index (χ2n) is 13.6.